The second-order valence-electron chi connectivity index (χ2n) is 5.50. The van der Waals surface area contributed by atoms with Gasteiger partial charge in [0.05, 0.1) is 5.75 Å². The highest BCUT2D eigenvalue weighted by molar-refractivity contribution is 7.99. The van der Waals surface area contributed by atoms with E-state index in [2.05, 4.69) is 23.6 Å². The van der Waals surface area contributed by atoms with Crippen LogP contribution in [0.15, 0.2) is 18.2 Å². The first-order valence-electron chi connectivity index (χ1n) is 7.31. The van der Waals surface area contributed by atoms with Gasteiger partial charge in [-0.1, -0.05) is 12.1 Å². The van der Waals surface area contributed by atoms with Gasteiger partial charge in [0.15, 0.2) is 0 Å². The highest BCUT2D eigenvalue weighted by Crippen LogP contribution is 2.20. The van der Waals surface area contributed by atoms with E-state index in [4.69, 9.17) is 0 Å². The molecule has 2 N–H and O–H groups in total. The van der Waals surface area contributed by atoms with Crippen molar-refractivity contribution >= 4 is 23.4 Å². The first-order valence-corrected chi connectivity index (χ1v) is 8.47. The zero-order valence-electron chi connectivity index (χ0n) is 12.4. The van der Waals surface area contributed by atoms with Crippen LogP contribution in [0.25, 0.3) is 0 Å². The van der Waals surface area contributed by atoms with Gasteiger partial charge >= 0.3 is 0 Å². The van der Waals surface area contributed by atoms with Gasteiger partial charge < -0.3 is 10.6 Å². The Morgan fingerprint density at radius 2 is 2.10 bits per heavy atom. The minimum atomic E-state index is 0.109. The van der Waals surface area contributed by atoms with E-state index in [1.54, 1.807) is 11.8 Å². The Hall–Kier alpha value is -1.00. The van der Waals surface area contributed by atoms with Crippen molar-refractivity contribution in [1.29, 1.82) is 0 Å². The highest BCUT2D eigenvalue weighted by Gasteiger charge is 2.13. The maximum Gasteiger partial charge on any atom is 0.234 e. The largest absolute Gasteiger partial charge is 0.325 e. The molecular formula is C16H24N2OS. The Kier molecular flexibility index (Phi) is 5.92. The van der Waals surface area contributed by atoms with E-state index >= 15 is 0 Å². The van der Waals surface area contributed by atoms with Crippen molar-refractivity contribution in [3.63, 3.8) is 0 Å². The van der Waals surface area contributed by atoms with Crippen molar-refractivity contribution < 1.29 is 4.79 Å². The summed E-state index contributed by atoms with van der Waals surface area (Å²) in [5.74, 6) is 2.53. The molecule has 2 rings (SSSR count). The van der Waals surface area contributed by atoms with Gasteiger partial charge in [-0.2, -0.15) is 11.8 Å². The fraction of sp³-hybridized carbons (Fsp3) is 0.562. The first-order chi connectivity index (χ1) is 9.66. The number of amides is 1. The zero-order chi connectivity index (χ0) is 14.4. The molecule has 1 aromatic rings. The summed E-state index contributed by atoms with van der Waals surface area (Å²) in [6.45, 7) is 6.36. The van der Waals surface area contributed by atoms with Gasteiger partial charge in [0.2, 0.25) is 5.91 Å². The molecule has 110 valence electrons. The summed E-state index contributed by atoms with van der Waals surface area (Å²) in [5, 5.41) is 6.39. The van der Waals surface area contributed by atoms with Crippen molar-refractivity contribution in [2.45, 2.75) is 26.7 Å². The lowest BCUT2D eigenvalue weighted by Crippen LogP contribution is -2.29. The molecule has 0 spiro atoms. The van der Waals surface area contributed by atoms with E-state index in [0.29, 0.717) is 5.75 Å². The lowest BCUT2D eigenvalue weighted by atomic mass is 10.0. The van der Waals surface area contributed by atoms with E-state index in [0.717, 1.165) is 36.0 Å². The quantitative estimate of drug-likeness (QED) is 0.876. The van der Waals surface area contributed by atoms with Crippen LogP contribution >= 0.6 is 11.8 Å². The molecule has 1 aliphatic rings. The van der Waals surface area contributed by atoms with Crippen LogP contribution in [0.1, 0.15) is 24.0 Å². The van der Waals surface area contributed by atoms with Crippen molar-refractivity contribution in [2.75, 3.05) is 29.9 Å². The predicted octanol–water partition coefficient (Wildman–Crippen LogP) is 2.97. The van der Waals surface area contributed by atoms with Crippen molar-refractivity contribution in [3.8, 4) is 0 Å². The number of hydrogen-bond acceptors (Lipinski definition) is 3. The summed E-state index contributed by atoms with van der Waals surface area (Å²) < 4.78 is 0. The predicted molar refractivity (Wildman–Crippen MR) is 87.5 cm³/mol. The zero-order valence-corrected chi connectivity index (χ0v) is 13.2. The standard InChI is InChI=1S/C16H24N2OS/c1-12-4-3-5-15(13(12)2)18-16(19)11-20-10-14-6-8-17-9-7-14/h3-5,14,17H,6-11H2,1-2H3,(H,18,19). The molecule has 20 heavy (non-hydrogen) atoms. The van der Waals surface area contributed by atoms with Gasteiger partial charge in [0.1, 0.15) is 0 Å². The third-order valence-electron chi connectivity index (χ3n) is 3.92. The number of hydrogen-bond donors (Lipinski definition) is 2. The van der Waals surface area contributed by atoms with Gasteiger partial charge in [0.25, 0.3) is 0 Å². The number of carbonyl (C=O) groups excluding carboxylic acids is 1. The van der Waals surface area contributed by atoms with Gasteiger partial charge in [0, 0.05) is 5.69 Å². The molecule has 1 saturated heterocycles. The average molecular weight is 292 g/mol. The number of piperidine rings is 1. The molecular weight excluding hydrogens is 268 g/mol. The van der Waals surface area contributed by atoms with Gasteiger partial charge in [-0.3, -0.25) is 4.79 Å². The molecule has 0 unspecified atom stereocenters. The SMILES string of the molecule is Cc1cccc(NC(=O)CSCC2CCNCC2)c1C. The van der Waals surface area contributed by atoms with Crippen molar-refractivity contribution in [3.05, 3.63) is 29.3 Å². The summed E-state index contributed by atoms with van der Waals surface area (Å²) in [7, 11) is 0. The minimum Gasteiger partial charge on any atom is -0.325 e. The van der Waals surface area contributed by atoms with E-state index in [-0.39, 0.29) is 5.91 Å². The highest BCUT2D eigenvalue weighted by atomic mass is 32.2. The number of aryl methyl sites for hydroxylation is 1. The number of nitrogens with one attached hydrogen (secondary N) is 2. The molecule has 1 heterocycles. The molecule has 0 aliphatic carbocycles. The third-order valence-corrected chi connectivity index (χ3v) is 5.10. The average Bonchev–Trinajstić information content (AvgIpc) is 2.45. The Balaban J connectivity index is 1.73. The second-order valence-corrected chi connectivity index (χ2v) is 6.53. The number of anilines is 1. The Labute approximate surface area is 125 Å². The molecule has 3 nitrogen and oxygen atoms in total. The monoisotopic (exact) mass is 292 g/mol. The van der Waals surface area contributed by atoms with Crippen LogP contribution in [0.2, 0.25) is 0 Å². The topological polar surface area (TPSA) is 41.1 Å². The number of benzene rings is 1. The van der Waals surface area contributed by atoms with E-state index in [9.17, 15) is 4.79 Å². The van der Waals surface area contributed by atoms with Crippen molar-refractivity contribution in [1.82, 2.24) is 5.32 Å². The lowest BCUT2D eigenvalue weighted by molar-refractivity contribution is -0.113. The molecule has 4 heteroatoms. The van der Waals surface area contributed by atoms with Gasteiger partial charge in [-0.15, -0.1) is 0 Å². The number of carbonyl (C=O) groups is 1. The van der Waals surface area contributed by atoms with Crippen LogP contribution in [0, 0.1) is 19.8 Å². The Morgan fingerprint density at radius 1 is 1.35 bits per heavy atom. The Morgan fingerprint density at radius 3 is 2.85 bits per heavy atom. The molecule has 0 atom stereocenters. The summed E-state index contributed by atoms with van der Waals surface area (Å²) in [6.07, 6.45) is 2.48. The molecule has 0 saturated carbocycles. The molecule has 1 amide bonds. The molecule has 1 aliphatic heterocycles. The van der Waals surface area contributed by atoms with E-state index in [1.807, 2.05) is 19.1 Å². The maximum absolute atomic E-state index is 12.0. The van der Waals surface area contributed by atoms with Crippen LogP contribution in [0.4, 0.5) is 5.69 Å². The van der Waals surface area contributed by atoms with Crippen LogP contribution in [0.5, 0.6) is 0 Å². The molecule has 1 fully saturated rings. The summed E-state index contributed by atoms with van der Waals surface area (Å²) in [6, 6.07) is 6.02. The fourth-order valence-electron chi connectivity index (χ4n) is 2.44. The smallest absolute Gasteiger partial charge is 0.234 e. The second kappa shape index (κ2) is 7.70. The van der Waals surface area contributed by atoms with E-state index in [1.165, 1.54) is 18.4 Å². The molecule has 0 radical (unpaired) electrons. The summed E-state index contributed by atoms with van der Waals surface area (Å²) in [4.78, 5) is 12.0. The first kappa shape index (κ1) is 15.4. The molecule has 0 bridgehead atoms. The maximum atomic E-state index is 12.0. The molecule has 1 aromatic carbocycles. The summed E-state index contributed by atoms with van der Waals surface area (Å²) in [5.41, 5.74) is 3.31. The number of thioether (sulfide) groups is 1. The molecule has 0 aromatic heterocycles. The van der Waals surface area contributed by atoms with E-state index < -0.39 is 0 Å². The lowest BCUT2D eigenvalue weighted by Gasteiger charge is -2.21. The van der Waals surface area contributed by atoms with Gasteiger partial charge in [-0.25, -0.2) is 0 Å². The summed E-state index contributed by atoms with van der Waals surface area (Å²) >= 11 is 1.76. The minimum absolute atomic E-state index is 0.109. The van der Waals surface area contributed by atoms with Crippen LogP contribution in [-0.2, 0) is 4.79 Å². The van der Waals surface area contributed by atoms with Gasteiger partial charge in [-0.05, 0) is 68.6 Å². The normalized spacial score (nSPS) is 16.1. The Bertz CT molecular complexity index is 456. The van der Waals surface area contributed by atoms with Crippen LogP contribution in [-0.4, -0.2) is 30.5 Å². The van der Waals surface area contributed by atoms with Crippen molar-refractivity contribution in [2.24, 2.45) is 5.92 Å². The van der Waals surface area contributed by atoms with Crippen LogP contribution < -0.4 is 10.6 Å². The fourth-order valence-corrected chi connectivity index (χ4v) is 3.48. The third kappa shape index (κ3) is 4.53. The van der Waals surface area contributed by atoms with Crippen LogP contribution in [0.3, 0.4) is 0 Å². The number of rotatable bonds is 5.